The fourth-order valence-corrected chi connectivity index (χ4v) is 2.27. The number of hydrogen-bond donors (Lipinski definition) is 1. The predicted molar refractivity (Wildman–Crippen MR) is 70.0 cm³/mol. The molecule has 94 valence electrons. The third-order valence-electron chi connectivity index (χ3n) is 2.88. The SMILES string of the molecule is CCc1cnn(C)c1-c1cccc(C(=O)O)c1Cl. The van der Waals surface area contributed by atoms with E-state index in [1.54, 1.807) is 16.9 Å². The Bertz CT molecular complexity index is 605. The molecule has 0 unspecified atom stereocenters. The molecule has 1 aromatic heterocycles. The van der Waals surface area contributed by atoms with E-state index in [4.69, 9.17) is 16.7 Å². The van der Waals surface area contributed by atoms with E-state index in [1.807, 2.05) is 20.0 Å². The van der Waals surface area contributed by atoms with Crippen LogP contribution in [-0.2, 0) is 13.5 Å². The van der Waals surface area contributed by atoms with Crippen molar-refractivity contribution in [3.63, 3.8) is 0 Å². The van der Waals surface area contributed by atoms with Gasteiger partial charge in [-0.15, -0.1) is 0 Å². The number of rotatable bonds is 3. The molecule has 0 saturated carbocycles. The number of carboxylic acids is 1. The first-order valence-corrected chi connectivity index (χ1v) is 5.97. The van der Waals surface area contributed by atoms with Gasteiger partial charge in [-0.2, -0.15) is 5.10 Å². The summed E-state index contributed by atoms with van der Waals surface area (Å²) < 4.78 is 1.71. The third-order valence-corrected chi connectivity index (χ3v) is 3.29. The summed E-state index contributed by atoms with van der Waals surface area (Å²) >= 11 is 6.17. The molecule has 0 aliphatic rings. The molecule has 1 aromatic carbocycles. The Morgan fingerprint density at radius 3 is 2.83 bits per heavy atom. The largest absolute Gasteiger partial charge is 0.478 e. The number of aromatic carboxylic acids is 1. The van der Waals surface area contributed by atoms with Gasteiger partial charge in [-0.1, -0.05) is 30.7 Å². The van der Waals surface area contributed by atoms with Crippen LogP contribution in [0.2, 0.25) is 5.02 Å². The summed E-state index contributed by atoms with van der Waals surface area (Å²) in [5.41, 5.74) is 2.72. The van der Waals surface area contributed by atoms with Crippen molar-refractivity contribution < 1.29 is 9.90 Å². The van der Waals surface area contributed by atoms with Crippen LogP contribution in [-0.4, -0.2) is 20.9 Å². The summed E-state index contributed by atoms with van der Waals surface area (Å²) in [6.45, 7) is 2.02. The van der Waals surface area contributed by atoms with Crippen LogP contribution in [0.3, 0.4) is 0 Å². The Morgan fingerprint density at radius 1 is 1.50 bits per heavy atom. The molecule has 0 aliphatic carbocycles. The monoisotopic (exact) mass is 264 g/mol. The lowest BCUT2D eigenvalue weighted by atomic mass is 10.0. The van der Waals surface area contributed by atoms with Gasteiger partial charge in [-0.05, 0) is 18.1 Å². The van der Waals surface area contributed by atoms with E-state index >= 15 is 0 Å². The zero-order chi connectivity index (χ0) is 13.3. The number of carboxylic acid groups (broad SMARTS) is 1. The van der Waals surface area contributed by atoms with Gasteiger partial charge in [-0.25, -0.2) is 4.79 Å². The molecular formula is C13H13ClN2O2. The molecule has 0 saturated heterocycles. The molecular weight excluding hydrogens is 252 g/mol. The highest BCUT2D eigenvalue weighted by atomic mass is 35.5. The summed E-state index contributed by atoms with van der Waals surface area (Å²) in [7, 11) is 1.82. The van der Waals surface area contributed by atoms with Gasteiger partial charge in [-0.3, -0.25) is 4.68 Å². The van der Waals surface area contributed by atoms with Gasteiger partial charge in [0.1, 0.15) is 0 Å². The van der Waals surface area contributed by atoms with Crippen LogP contribution >= 0.6 is 11.6 Å². The average Bonchev–Trinajstić information content (AvgIpc) is 2.70. The van der Waals surface area contributed by atoms with E-state index in [9.17, 15) is 4.79 Å². The molecule has 0 spiro atoms. The standard InChI is InChI=1S/C13H13ClN2O2/c1-3-8-7-15-16(2)12(8)9-5-4-6-10(11(9)14)13(17)18/h4-7H,3H2,1-2H3,(H,17,18). The topological polar surface area (TPSA) is 55.1 Å². The van der Waals surface area contributed by atoms with Crippen LogP contribution in [0, 0.1) is 0 Å². The Morgan fingerprint density at radius 2 is 2.22 bits per heavy atom. The second kappa shape index (κ2) is 4.82. The summed E-state index contributed by atoms with van der Waals surface area (Å²) in [4.78, 5) is 11.1. The lowest BCUT2D eigenvalue weighted by Gasteiger charge is -2.09. The maximum Gasteiger partial charge on any atom is 0.337 e. The molecule has 0 atom stereocenters. The second-order valence-corrected chi connectivity index (χ2v) is 4.35. The Hall–Kier alpha value is -1.81. The van der Waals surface area contributed by atoms with Crippen molar-refractivity contribution in [3.05, 3.63) is 40.5 Å². The number of benzene rings is 1. The van der Waals surface area contributed by atoms with E-state index in [1.165, 1.54) is 6.07 Å². The first-order valence-electron chi connectivity index (χ1n) is 5.59. The van der Waals surface area contributed by atoms with Crippen LogP contribution < -0.4 is 0 Å². The van der Waals surface area contributed by atoms with Crippen molar-refractivity contribution in [1.29, 1.82) is 0 Å². The molecule has 4 nitrogen and oxygen atoms in total. The quantitative estimate of drug-likeness (QED) is 0.927. The van der Waals surface area contributed by atoms with E-state index in [0.29, 0.717) is 5.56 Å². The van der Waals surface area contributed by atoms with E-state index < -0.39 is 5.97 Å². The maximum atomic E-state index is 11.1. The first-order chi connectivity index (χ1) is 8.56. The molecule has 0 aliphatic heterocycles. The minimum atomic E-state index is -1.03. The predicted octanol–water partition coefficient (Wildman–Crippen LogP) is 3.00. The van der Waals surface area contributed by atoms with Gasteiger partial charge >= 0.3 is 5.97 Å². The number of aryl methyl sites for hydroxylation is 2. The van der Waals surface area contributed by atoms with Crippen LogP contribution in [0.1, 0.15) is 22.8 Å². The van der Waals surface area contributed by atoms with E-state index in [0.717, 1.165) is 17.7 Å². The van der Waals surface area contributed by atoms with Crippen molar-refractivity contribution in [1.82, 2.24) is 9.78 Å². The zero-order valence-corrected chi connectivity index (χ0v) is 10.9. The van der Waals surface area contributed by atoms with Crippen molar-refractivity contribution in [2.24, 2.45) is 7.05 Å². The number of hydrogen-bond acceptors (Lipinski definition) is 2. The summed E-state index contributed by atoms with van der Waals surface area (Å²) in [5, 5.41) is 13.5. The van der Waals surface area contributed by atoms with Gasteiger partial charge in [0.25, 0.3) is 0 Å². The minimum Gasteiger partial charge on any atom is -0.478 e. The van der Waals surface area contributed by atoms with Crippen LogP contribution in [0.25, 0.3) is 11.3 Å². The highest BCUT2D eigenvalue weighted by Gasteiger charge is 2.17. The van der Waals surface area contributed by atoms with Gasteiger partial charge in [0.05, 0.1) is 22.5 Å². The average molecular weight is 265 g/mol. The van der Waals surface area contributed by atoms with Crippen LogP contribution in [0.4, 0.5) is 0 Å². The minimum absolute atomic E-state index is 0.109. The maximum absolute atomic E-state index is 11.1. The summed E-state index contributed by atoms with van der Waals surface area (Å²) in [5.74, 6) is -1.03. The van der Waals surface area contributed by atoms with Gasteiger partial charge < -0.3 is 5.11 Å². The number of halogens is 1. The summed E-state index contributed by atoms with van der Waals surface area (Å²) in [6.07, 6.45) is 2.59. The Labute approximate surface area is 110 Å². The molecule has 2 aromatic rings. The summed E-state index contributed by atoms with van der Waals surface area (Å²) in [6, 6.07) is 5.00. The van der Waals surface area contributed by atoms with E-state index in [-0.39, 0.29) is 10.6 Å². The second-order valence-electron chi connectivity index (χ2n) is 3.97. The Kier molecular flexibility index (Phi) is 3.39. The molecule has 1 heterocycles. The molecule has 2 rings (SSSR count). The van der Waals surface area contributed by atoms with Crippen molar-refractivity contribution in [3.8, 4) is 11.3 Å². The van der Waals surface area contributed by atoms with Crippen LogP contribution in [0.15, 0.2) is 24.4 Å². The van der Waals surface area contributed by atoms with Crippen molar-refractivity contribution >= 4 is 17.6 Å². The van der Waals surface area contributed by atoms with Crippen molar-refractivity contribution in [2.45, 2.75) is 13.3 Å². The highest BCUT2D eigenvalue weighted by Crippen LogP contribution is 2.32. The van der Waals surface area contributed by atoms with Gasteiger partial charge in [0.15, 0.2) is 0 Å². The van der Waals surface area contributed by atoms with E-state index in [2.05, 4.69) is 5.10 Å². The molecule has 0 fully saturated rings. The number of aromatic nitrogens is 2. The number of carbonyl (C=O) groups is 1. The number of nitrogens with zero attached hydrogens (tertiary/aromatic N) is 2. The molecule has 5 heteroatoms. The highest BCUT2D eigenvalue weighted by molar-refractivity contribution is 6.36. The lowest BCUT2D eigenvalue weighted by Crippen LogP contribution is -2.01. The normalized spacial score (nSPS) is 10.6. The molecule has 0 radical (unpaired) electrons. The zero-order valence-electron chi connectivity index (χ0n) is 10.1. The fourth-order valence-electron chi connectivity index (χ4n) is 1.97. The first kappa shape index (κ1) is 12.6. The molecule has 0 amide bonds. The van der Waals surface area contributed by atoms with Crippen LogP contribution in [0.5, 0.6) is 0 Å². The third kappa shape index (κ3) is 1.99. The van der Waals surface area contributed by atoms with Gasteiger partial charge in [0, 0.05) is 12.6 Å². The molecule has 0 bridgehead atoms. The molecule has 18 heavy (non-hydrogen) atoms. The fraction of sp³-hybridized carbons (Fsp3) is 0.231. The lowest BCUT2D eigenvalue weighted by molar-refractivity contribution is 0.0697. The molecule has 1 N–H and O–H groups in total. The van der Waals surface area contributed by atoms with Gasteiger partial charge in [0.2, 0.25) is 0 Å². The van der Waals surface area contributed by atoms with Crippen molar-refractivity contribution in [2.75, 3.05) is 0 Å². The Balaban J connectivity index is 2.68. The smallest absolute Gasteiger partial charge is 0.337 e.